The topological polar surface area (TPSA) is 74.8 Å². The molecule has 1 atom stereocenters. The Labute approximate surface area is 157 Å². The molecule has 2 rings (SSSR count). The van der Waals surface area contributed by atoms with Crippen LogP contribution in [0.15, 0.2) is 33.7 Å². The minimum absolute atomic E-state index is 0.0601. The Kier molecular flexibility index (Phi) is 7.71. The zero-order chi connectivity index (χ0) is 18.1. The van der Waals surface area contributed by atoms with E-state index in [1.807, 2.05) is 18.2 Å². The summed E-state index contributed by atoms with van der Waals surface area (Å²) in [6.07, 6.45) is 2.99. The molecule has 1 amide bonds. The summed E-state index contributed by atoms with van der Waals surface area (Å²) in [6.45, 7) is 5.04. The molecule has 1 aliphatic rings. The van der Waals surface area contributed by atoms with E-state index in [4.69, 9.17) is 4.74 Å². The van der Waals surface area contributed by atoms with E-state index >= 15 is 0 Å². The van der Waals surface area contributed by atoms with E-state index in [9.17, 15) is 4.79 Å². The SMILES string of the molecule is CN=C(NCCCNC(=O)c1cccc(Br)c1)NCC1(C)CCCO1. The third-order valence-electron chi connectivity index (χ3n) is 4.17. The third kappa shape index (κ3) is 6.66. The van der Waals surface area contributed by atoms with Crippen molar-refractivity contribution in [3.63, 3.8) is 0 Å². The Hall–Kier alpha value is -1.60. The van der Waals surface area contributed by atoms with E-state index in [1.54, 1.807) is 13.1 Å². The van der Waals surface area contributed by atoms with Gasteiger partial charge in [0.15, 0.2) is 5.96 Å². The van der Waals surface area contributed by atoms with Crippen molar-refractivity contribution in [1.29, 1.82) is 0 Å². The van der Waals surface area contributed by atoms with Crippen LogP contribution < -0.4 is 16.0 Å². The van der Waals surface area contributed by atoms with Gasteiger partial charge in [-0.15, -0.1) is 0 Å². The summed E-state index contributed by atoms with van der Waals surface area (Å²) in [7, 11) is 1.75. The lowest BCUT2D eigenvalue weighted by Gasteiger charge is -2.24. The van der Waals surface area contributed by atoms with E-state index in [-0.39, 0.29) is 11.5 Å². The number of guanidine groups is 1. The molecular weight excluding hydrogens is 384 g/mol. The van der Waals surface area contributed by atoms with Crippen molar-refractivity contribution < 1.29 is 9.53 Å². The third-order valence-corrected chi connectivity index (χ3v) is 4.67. The van der Waals surface area contributed by atoms with Crippen molar-refractivity contribution in [2.24, 2.45) is 4.99 Å². The summed E-state index contributed by atoms with van der Waals surface area (Å²) < 4.78 is 6.66. The van der Waals surface area contributed by atoms with E-state index in [2.05, 4.69) is 43.8 Å². The summed E-state index contributed by atoms with van der Waals surface area (Å²) in [6, 6.07) is 7.36. The van der Waals surface area contributed by atoms with Crippen LogP contribution in [0.3, 0.4) is 0 Å². The number of aliphatic imine (C=N–C) groups is 1. The first kappa shape index (κ1) is 19.7. The lowest BCUT2D eigenvalue weighted by Crippen LogP contribution is -2.46. The highest BCUT2D eigenvalue weighted by molar-refractivity contribution is 9.10. The van der Waals surface area contributed by atoms with Crippen molar-refractivity contribution in [1.82, 2.24) is 16.0 Å². The number of halogens is 1. The number of amides is 1. The number of nitrogens with zero attached hydrogens (tertiary/aromatic N) is 1. The van der Waals surface area contributed by atoms with Crippen LogP contribution in [0, 0.1) is 0 Å². The number of benzene rings is 1. The summed E-state index contributed by atoms with van der Waals surface area (Å²) in [5.41, 5.74) is 0.555. The highest BCUT2D eigenvalue weighted by atomic mass is 79.9. The molecule has 7 heteroatoms. The number of hydrogen-bond acceptors (Lipinski definition) is 3. The maximum Gasteiger partial charge on any atom is 0.251 e. The van der Waals surface area contributed by atoms with Crippen LogP contribution in [0.2, 0.25) is 0 Å². The first-order valence-electron chi connectivity index (χ1n) is 8.65. The second-order valence-corrected chi connectivity index (χ2v) is 7.29. The normalized spacial score (nSPS) is 20.4. The standard InChI is InChI=1S/C18H27BrN4O2/c1-18(8-4-11-25-18)13-23-17(20-2)22-10-5-9-21-16(24)14-6-3-7-15(19)12-14/h3,6-7,12H,4-5,8-11,13H2,1-2H3,(H,21,24)(H2,20,22,23). The van der Waals surface area contributed by atoms with Crippen LogP contribution in [0.5, 0.6) is 0 Å². The van der Waals surface area contributed by atoms with E-state index in [0.717, 1.165) is 49.4 Å². The number of rotatable bonds is 7. The fourth-order valence-electron chi connectivity index (χ4n) is 2.70. The second kappa shape index (κ2) is 9.77. The summed E-state index contributed by atoms with van der Waals surface area (Å²) >= 11 is 3.37. The van der Waals surface area contributed by atoms with Gasteiger partial charge in [-0.25, -0.2) is 0 Å². The first-order chi connectivity index (χ1) is 12.0. The first-order valence-corrected chi connectivity index (χ1v) is 9.44. The lowest BCUT2D eigenvalue weighted by atomic mass is 10.0. The molecule has 0 radical (unpaired) electrons. The van der Waals surface area contributed by atoms with Crippen molar-refractivity contribution in [2.75, 3.05) is 33.3 Å². The van der Waals surface area contributed by atoms with Crippen molar-refractivity contribution in [2.45, 2.75) is 31.8 Å². The Balaban J connectivity index is 1.62. The molecule has 1 aromatic carbocycles. The molecule has 1 aromatic rings. The minimum Gasteiger partial charge on any atom is -0.373 e. The zero-order valence-corrected chi connectivity index (χ0v) is 16.5. The molecule has 0 spiro atoms. The lowest BCUT2D eigenvalue weighted by molar-refractivity contribution is 0.0243. The maximum absolute atomic E-state index is 12.0. The zero-order valence-electron chi connectivity index (χ0n) is 14.9. The number of hydrogen-bond donors (Lipinski definition) is 3. The van der Waals surface area contributed by atoms with E-state index < -0.39 is 0 Å². The molecule has 1 unspecified atom stereocenters. The van der Waals surface area contributed by atoms with Gasteiger partial charge in [-0.2, -0.15) is 0 Å². The molecule has 0 aliphatic carbocycles. The minimum atomic E-state index is -0.102. The Morgan fingerprint density at radius 1 is 1.32 bits per heavy atom. The van der Waals surface area contributed by atoms with Crippen molar-refractivity contribution in [3.8, 4) is 0 Å². The van der Waals surface area contributed by atoms with Crippen LogP contribution in [0.4, 0.5) is 0 Å². The van der Waals surface area contributed by atoms with Crippen molar-refractivity contribution in [3.05, 3.63) is 34.3 Å². The molecule has 0 aromatic heterocycles. The molecule has 25 heavy (non-hydrogen) atoms. The van der Waals surface area contributed by atoms with Gasteiger partial charge in [0.05, 0.1) is 5.60 Å². The van der Waals surface area contributed by atoms with Gasteiger partial charge >= 0.3 is 0 Å². The fraction of sp³-hybridized carbons (Fsp3) is 0.556. The molecule has 1 heterocycles. The van der Waals surface area contributed by atoms with Gasteiger partial charge < -0.3 is 20.7 Å². The molecule has 1 saturated heterocycles. The predicted octanol–water partition coefficient (Wildman–Crippen LogP) is 2.30. The molecule has 3 N–H and O–H groups in total. The van der Waals surface area contributed by atoms with Crippen molar-refractivity contribution >= 4 is 27.8 Å². The molecule has 1 fully saturated rings. The highest BCUT2D eigenvalue weighted by Gasteiger charge is 2.29. The molecule has 138 valence electrons. The Bertz CT molecular complexity index is 600. The summed E-state index contributed by atoms with van der Waals surface area (Å²) in [4.78, 5) is 16.2. The van der Waals surface area contributed by atoms with Crippen LogP contribution in [0.1, 0.15) is 36.5 Å². The smallest absolute Gasteiger partial charge is 0.251 e. The van der Waals surface area contributed by atoms with E-state index in [1.165, 1.54) is 0 Å². The van der Waals surface area contributed by atoms with Crippen LogP contribution in [0.25, 0.3) is 0 Å². The average molecular weight is 411 g/mol. The Morgan fingerprint density at radius 2 is 2.12 bits per heavy atom. The number of nitrogens with one attached hydrogen (secondary N) is 3. The van der Waals surface area contributed by atoms with Gasteiger partial charge in [-0.05, 0) is 44.4 Å². The average Bonchev–Trinajstić information content (AvgIpc) is 3.04. The highest BCUT2D eigenvalue weighted by Crippen LogP contribution is 2.23. The van der Waals surface area contributed by atoms with Crippen LogP contribution in [-0.4, -0.2) is 50.8 Å². The summed E-state index contributed by atoms with van der Waals surface area (Å²) in [5, 5.41) is 9.48. The predicted molar refractivity (Wildman–Crippen MR) is 104 cm³/mol. The molecular formula is C18H27BrN4O2. The Morgan fingerprint density at radius 3 is 2.80 bits per heavy atom. The molecule has 0 saturated carbocycles. The number of carbonyl (C=O) groups is 1. The van der Waals surface area contributed by atoms with Gasteiger partial charge in [0, 0.05) is 43.3 Å². The van der Waals surface area contributed by atoms with Crippen LogP contribution in [-0.2, 0) is 4.74 Å². The van der Waals surface area contributed by atoms with E-state index in [0.29, 0.717) is 12.1 Å². The van der Waals surface area contributed by atoms with Gasteiger partial charge in [0.25, 0.3) is 5.91 Å². The van der Waals surface area contributed by atoms with Crippen LogP contribution >= 0.6 is 15.9 Å². The van der Waals surface area contributed by atoms with Gasteiger partial charge in [-0.3, -0.25) is 9.79 Å². The molecule has 0 bridgehead atoms. The van der Waals surface area contributed by atoms with Gasteiger partial charge in [-0.1, -0.05) is 22.0 Å². The quantitative estimate of drug-likeness (QED) is 0.366. The number of carbonyl (C=O) groups excluding carboxylic acids is 1. The molecule has 6 nitrogen and oxygen atoms in total. The fourth-order valence-corrected chi connectivity index (χ4v) is 3.10. The summed E-state index contributed by atoms with van der Waals surface area (Å²) in [5.74, 6) is 0.699. The maximum atomic E-state index is 12.0. The van der Waals surface area contributed by atoms with Gasteiger partial charge in [0.1, 0.15) is 0 Å². The monoisotopic (exact) mass is 410 g/mol. The largest absolute Gasteiger partial charge is 0.373 e. The molecule has 1 aliphatic heterocycles. The number of ether oxygens (including phenoxy) is 1. The van der Waals surface area contributed by atoms with Gasteiger partial charge in [0.2, 0.25) is 0 Å². The second-order valence-electron chi connectivity index (χ2n) is 6.37.